The van der Waals surface area contributed by atoms with Crippen LogP contribution in [0.2, 0.25) is 0 Å². The van der Waals surface area contributed by atoms with Gasteiger partial charge in [0, 0.05) is 6.08 Å². The zero-order chi connectivity index (χ0) is 10.6. The molecule has 14 heavy (non-hydrogen) atoms. The van der Waals surface area contributed by atoms with Gasteiger partial charge in [0.05, 0.1) is 0 Å². The third-order valence-electron chi connectivity index (χ3n) is 1.43. The topological polar surface area (TPSA) is 37.3 Å². The molecule has 2 heteroatoms. The second kappa shape index (κ2) is 9.52. The van der Waals surface area contributed by atoms with Crippen LogP contribution in [0.5, 0.6) is 0 Å². The number of hydrogen-bond acceptors (Lipinski definition) is 1. The summed E-state index contributed by atoms with van der Waals surface area (Å²) in [5.74, 6) is -0.914. The highest BCUT2D eigenvalue weighted by Crippen LogP contribution is 1.93. The van der Waals surface area contributed by atoms with E-state index in [4.69, 9.17) is 5.11 Å². The number of hydrogen-bond donors (Lipinski definition) is 1. The zero-order valence-corrected chi connectivity index (χ0v) is 8.39. The van der Waals surface area contributed by atoms with Crippen molar-refractivity contribution in [3.05, 3.63) is 48.6 Å². The van der Waals surface area contributed by atoms with Crippen LogP contribution >= 0.6 is 0 Å². The number of carboxylic acids is 1. The average molecular weight is 192 g/mol. The molecule has 2 nitrogen and oxygen atoms in total. The molecule has 0 aliphatic rings. The van der Waals surface area contributed by atoms with E-state index in [0.717, 1.165) is 18.9 Å². The first-order chi connectivity index (χ1) is 6.77. The number of rotatable bonds is 6. The van der Waals surface area contributed by atoms with Crippen molar-refractivity contribution in [3.8, 4) is 0 Å². The van der Waals surface area contributed by atoms with Gasteiger partial charge < -0.3 is 5.11 Å². The Balaban J connectivity index is 3.49. The summed E-state index contributed by atoms with van der Waals surface area (Å²) in [6.07, 6.45) is 16.3. The molecule has 0 saturated carbocycles. The Bertz CT molecular complexity index is 257. The van der Waals surface area contributed by atoms with Gasteiger partial charge in [0.2, 0.25) is 0 Å². The van der Waals surface area contributed by atoms with Gasteiger partial charge in [0.1, 0.15) is 0 Å². The summed E-state index contributed by atoms with van der Waals surface area (Å²) in [5.41, 5.74) is 0. The summed E-state index contributed by atoms with van der Waals surface area (Å²) < 4.78 is 0. The summed E-state index contributed by atoms with van der Waals surface area (Å²) in [6.45, 7) is 1.97. The predicted molar refractivity (Wildman–Crippen MR) is 59.1 cm³/mol. The van der Waals surface area contributed by atoms with Crippen LogP contribution in [0.25, 0.3) is 0 Å². The minimum Gasteiger partial charge on any atom is -0.478 e. The van der Waals surface area contributed by atoms with Crippen molar-refractivity contribution < 1.29 is 9.90 Å². The smallest absolute Gasteiger partial charge is 0.328 e. The number of unbranched alkanes of at least 4 members (excludes halogenated alkanes) is 1. The van der Waals surface area contributed by atoms with E-state index in [9.17, 15) is 4.79 Å². The van der Waals surface area contributed by atoms with Gasteiger partial charge in [0.15, 0.2) is 0 Å². The van der Waals surface area contributed by atoms with E-state index in [1.54, 1.807) is 6.08 Å². The monoisotopic (exact) mass is 192 g/mol. The van der Waals surface area contributed by atoms with Crippen LogP contribution in [0, 0.1) is 0 Å². The molecule has 0 fully saturated rings. The van der Waals surface area contributed by atoms with Crippen molar-refractivity contribution in [2.24, 2.45) is 0 Å². The molecule has 0 heterocycles. The second-order valence-corrected chi connectivity index (χ2v) is 2.66. The summed E-state index contributed by atoms with van der Waals surface area (Å²) >= 11 is 0. The lowest BCUT2D eigenvalue weighted by molar-refractivity contribution is -0.131. The first kappa shape index (κ1) is 12.4. The van der Waals surface area contributed by atoms with Crippen molar-refractivity contribution >= 4 is 5.97 Å². The Morgan fingerprint density at radius 2 is 1.64 bits per heavy atom. The molecule has 76 valence electrons. The number of allylic oxidation sites excluding steroid dienone is 7. The predicted octanol–water partition coefficient (Wildman–Crippen LogP) is 3.10. The lowest BCUT2D eigenvalue weighted by Crippen LogP contribution is -1.84. The van der Waals surface area contributed by atoms with E-state index in [2.05, 4.69) is 6.08 Å². The maximum Gasteiger partial charge on any atom is 0.328 e. The van der Waals surface area contributed by atoms with Crippen molar-refractivity contribution in [1.29, 1.82) is 0 Å². The molecule has 0 atom stereocenters. The van der Waals surface area contributed by atoms with E-state index in [1.165, 1.54) is 6.08 Å². The van der Waals surface area contributed by atoms with Gasteiger partial charge in [-0.1, -0.05) is 42.5 Å². The van der Waals surface area contributed by atoms with Crippen molar-refractivity contribution in [2.75, 3.05) is 0 Å². The standard InChI is InChI=1S/C12H16O2/c1-2-3-4-5-6-7-8-9-10-11-12(13)14/h2-5,8-11H,6-7H2,1H3,(H,13,14)/b3-2+,5-4+,9-8+,11-10+. The molecular formula is C12H16O2. The average Bonchev–Trinajstić information content (AvgIpc) is 2.15. The van der Waals surface area contributed by atoms with E-state index < -0.39 is 5.97 Å². The van der Waals surface area contributed by atoms with Crippen LogP contribution < -0.4 is 0 Å². The lowest BCUT2D eigenvalue weighted by Gasteiger charge is -1.83. The first-order valence-corrected chi connectivity index (χ1v) is 4.61. The van der Waals surface area contributed by atoms with Crippen LogP contribution in [-0.4, -0.2) is 11.1 Å². The van der Waals surface area contributed by atoms with Gasteiger partial charge in [-0.15, -0.1) is 0 Å². The third kappa shape index (κ3) is 10.4. The molecule has 0 amide bonds. The quantitative estimate of drug-likeness (QED) is 0.399. The fourth-order valence-electron chi connectivity index (χ4n) is 0.791. The molecular weight excluding hydrogens is 176 g/mol. The Morgan fingerprint density at radius 1 is 1.07 bits per heavy atom. The zero-order valence-electron chi connectivity index (χ0n) is 8.39. The largest absolute Gasteiger partial charge is 0.478 e. The van der Waals surface area contributed by atoms with Gasteiger partial charge in [-0.2, -0.15) is 0 Å². The number of carboxylic acid groups (broad SMARTS) is 1. The highest BCUT2D eigenvalue weighted by atomic mass is 16.4. The van der Waals surface area contributed by atoms with Gasteiger partial charge >= 0.3 is 5.97 Å². The van der Waals surface area contributed by atoms with Crippen molar-refractivity contribution in [2.45, 2.75) is 19.8 Å². The van der Waals surface area contributed by atoms with E-state index in [-0.39, 0.29) is 0 Å². The number of aliphatic carboxylic acids is 1. The van der Waals surface area contributed by atoms with Crippen LogP contribution in [0.1, 0.15) is 19.8 Å². The van der Waals surface area contributed by atoms with Crippen LogP contribution in [0.3, 0.4) is 0 Å². The number of carbonyl (C=O) groups is 1. The normalized spacial score (nSPS) is 12.6. The van der Waals surface area contributed by atoms with Crippen LogP contribution in [-0.2, 0) is 4.79 Å². The van der Waals surface area contributed by atoms with E-state index in [0.29, 0.717) is 0 Å². The van der Waals surface area contributed by atoms with Gasteiger partial charge in [-0.05, 0) is 19.8 Å². The fourth-order valence-corrected chi connectivity index (χ4v) is 0.791. The molecule has 0 aliphatic carbocycles. The molecule has 0 aromatic carbocycles. The Morgan fingerprint density at radius 3 is 2.14 bits per heavy atom. The summed E-state index contributed by atoms with van der Waals surface area (Å²) in [7, 11) is 0. The van der Waals surface area contributed by atoms with Gasteiger partial charge in [-0.3, -0.25) is 0 Å². The highest BCUT2D eigenvalue weighted by Gasteiger charge is 1.80. The fraction of sp³-hybridized carbons (Fsp3) is 0.250. The molecule has 0 aromatic rings. The minimum absolute atomic E-state index is 0.914. The minimum atomic E-state index is -0.914. The maximum absolute atomic E-state index is 10.1. The molecule has 0 aromatic heterocycles. The van der Waals surface area contributed by atoms with Crippen molar-refractivity contribution in [3.63, 3.8) is 0 Å². The Hall–Kier alpha value is -1.57. The summed E-state index contributed by atoms with van der Waals surface area (Å²) in [6, 6.07) is 0. The molecule has 0 aliphatic heterocycles. The third-order valence-corrected chi connectivity index (χ3v) is 1.43. The molecule has 0 spiro atoms. The molecule has 0 radical (unpaired) electrons. The molecule has 0 saturated heterocycles. The Labute approximate surface area is 85.0 Å². The highest BCUT2D eigenvalue weighted by molar-refractivity contribution is 5.80. The molecule has 0 bridgehead atoms. The SMILES string of the molecule is C/C=C/C=C/CC/C=C/C=C/C(=O)O. The first-order valence-electron chi connectivity index (χ1n) is 4.61. The lowest BCUT2D eigenvalue weighted by atomic mass is 10.2. The van der Waals surface area contributed by atoms with Crippen LogP contribution in [0.4, 0.5) is 0 Å². The van der Waals surface area contributed by atoms with Crippen molar-refractivity contribution in [1.82, 2.24) is 0 Å². The second-order valence-electron chi connectivity index (χ2n) is 2.66. The van der Waals surface area contributed by atoms with Crippen LogP contribution in [0.15, 0.2) is 48.6 Å². The molecule has 0 unspecified atom stereocenters. The van der Waals surface area contributed by atoms with E-state index >= 15 is 0 Å². The van der Waals surface area contributed by atoms with E-state index in [1.807, 2.05) is 31.2 Å². The maximum atomic E-state index is 10.1. The molecule has 1 N–H and O–H groups in total. The summed E-state index contributed by atoms with van der Waals surface area (Å²) in [4.78, 5) is 10.1. The molecule has 0 rings (SSSR count). The van der Waals surface area contributed by atoms with Gasteiger partial charge in [0.25, 0.3) is 0 Å². The summed E-state index contributed by atoms with van der Waals surface area (Å²) in [5, 5.41) is 8.27. The Kier molecular flexibility index (Phi) is 8.45. The van der Waals surface area contributed by atoms with Gasteiger partial charge in [-0.25, -0.2) is 4.79 Å².